The molecule has 0 fully saturated rings. The molecule has 1 N–H and O–H groups in total. The maximum atomic E-state index is 3.52. The normalized spacial score (nSPS) is 11.2. The van der Waals surface area contributed by atoms with E-state index >= 15 is 0 Å². The van der Waals surface area contributed by atoms with Gasteiger partial charge in [0.15, 0.2) is 0 Å². The quantitative estimate of drug-likeness (QED) is 0.670. The van der Waals surface area contributed by atoms with Crippen LogP contribution in [0, 0.1) is 5.92 Å². The second kappa shape index (κ2) is 7.86. The largest absolute Gasteiger partial charge is 0.312 e. The van der Waals surface area contributed by atoms with E-state index in [9.17, 15) is 0 Å². The summed E-state index contributed by atoms with van der Waals surface area (Å²) in [5, 5.41) is 3.52. The molecule has 2 heteroatoms. The Kier molecular flexibility index (Phi) is 6.74. The first-order valence-electron chi connectivity index (χ1n) is 6.50. The van der Waals surface area contributed by atoms with Gasteiger partial charge in [0.1, 0.15) is 0 Å². The van der Waals surface area contributed by atoms with E-state index in [2.05, 4.69) is 38.2 Å². The Bertz CT molecular complexity index is 278. The van der Waals surface area contributed by atoms with E-state index in [4.69, 9.17) is 0 Å². The maximum Gasteiger partial charge on any atom is 0.0299 e. The first-order valence-corrected chi connectivity index (χ1v) is 7.32. The van der Waals surface area contributed by atoms with E-state index in [1.807, 2.05) is 11.3 Å². The molecule has 0 spiro atoms. The van der Waals surface area contributed by atoms with E-state index in [0.29, 0.717) is 0 Å². The Morgan fingerprint density at radius 1 is 1.19 bits per heavy atom. The van der Waals surface area contributed by atoms with Gasteiger partial charge >= 0.3 is 0 Å². The van der Waals surface area contributed by atoms with Crippen LogP contribution in [0.2, 0.25) is 0 Å². The van der Waals surface area contributed by atoms with Gasteiger partial charge in [-0.1, -0.05) is 33.6 Å². The molecular formula is C14H25NS. The SMILES string of the molecule is CCc1ccc(CNCCCCC(C)C)s1. The predicted molar refractivity (Wildman–Crippen MR) is 74.1 cm³/mol. The Morgan fingerprint density at radius 2 is 1.94 bits per heavy atom. The average molecular weight is 239 g/mol. The molecule has 1 aromatic heterocycles. The van der Waals surface area contributed by atoms with Crippen LogP contribution in [-0.4, -0.2) is 6.54 Å². The summed E-state index contributed by atoms with van der Waals surface area (Å²) in [7, 11) is 0. The Morgan fingerprint density at radius 3 is 2.56 bits per heavy atom. The highest BCUT2D eigenvalue weighted by atomic mass is 32.1. The number of hydrogen-bond acceptors (Lipinski definition) is 2. The summed E-state index contributed by atoms with van der Waals surface area (Å²) in [5.74, 6) is 0.851. The second-order valence-electron chi connectivity index (χ2n) is 4.79. The van der Waals surface area contributed by atoms with Crippen LogP contribution in [0.5, 0.6) is 0 Å². The highest BCUT2D eigenvalue weighted by Crippen LogP contribution is 2.16. The highest BCUT2D eigenvalue weighted by Gasteiger charge is 1.98. The van der Waals surface area contributed by atoms with E-state index in [0.717, 1.165) is 19.0 Å². The summed E-state index contributed by atoms with van der Waals surface area (Å²) in [6.07, 6.45) is 5.19. The molecule has 0 bridgehead atoms. The lowest BCUT2D eigenvalue weighted by atomic mass is 10.1. The van der Waals surface area contributed by atoms with E-state index in [-0.39, 0.29) is 0 Å². The van der Waals surface area contributed by atoms with Crippen molar-refractivity contribution in [3.8, 4) is 0 Å². The van der Waals surface area contributed by atoms with Crippen LogP contribution in [0.3, 0.4) is 0 Å². The third-order valence-corrected chi connectivity index (χ3v) is 3.98. The van der Waals surface area contributed by atoms with Crippen LogP contribution < -0.4 is 5.32 Å². The summed E-state index contributed by atoms with van der Waals surface area (Å²) in [4.78, 5) is 2.97. The van der Waals surface area contributed by atoms with Crippen molar-refractivity contribution in [2.75, 3.05) is 6.54 Å². The number of aryl methyl sites for hydroxylation is 1. The van der Waals surface area contributed by atoms with Gasteiger partial charge in [0, 0.05) is 16.3 Å². The van der Waals surface area contributed by atoms with Crippen molar-refractivity contribution in [1.29, 1.82) is 0 Å². The van der Waals surface area contributed by atoms with Gasteiger partial charge in [0.2, 0.25) is 0 Å². The molecule has 0 aromatic carbocycles. The lowest BCUT2D eigenvalue weighted by Crippen LogP contribution is -2.13. The average Bonchev–Trinajstić information content (AvgIpc) is 2.70. The van der Waals surface area contributed by atoms with Crippen LogP contribution >= 0.6 is 11.3 Å². The van der Waals surface area contributed by atoms with Crippen LogP contribution in [0.15, 0.2) is 12.1 Å². The first kappa shape index (κ1) is 13.7. The van der Waals surface area contributed by atoms with Crippen molar-refractivity contribution >= 4 is 11.3 Å². The summed E-state index contributed by atoms with van der Waals surface area (Å²) in [6.45, 7) is 9.02. The Balaban J connectivity index is 2.02. The third kappa shape index (κ3) is 5.66. The zero-order chi connectivity index (χ0) is 11.8. The molecule has 0 unspecified atom stereocenters. The standard InChI is InChI=1S/C14H25NS/c1-4-13-8-9-14(16-13)11-15-10-6-5-7-12(2)3/h8-9,12,15H,4-7,10-11H2,1-3H3. The molecule has 1 nitrogen and oxygen atoms in total. The lowest BCUT2D eigenvalue weighted by Gasteiger charge is -2.05. The third-order valence-electron chi connectivity index (χ3n) is 2.75. The fourth-order valence-electron chi connectivity index (χ4n) is 1.72. The molecule has 0 saturated heterocycles. The monoisotopic (exact) mass is 239 g/mol. The molecule has 0 radical (unpaired) electrons. The van der Waals surface area contributed by atoms with Crippen molar-refractivity contribution < 1.29 is 0 Å². The molecule has 1 rings (SSSR count). The summed E-state index contributed by atoms with van der Waals surface area (Å²) in [6, 6.07) is 4.51. The first-order chi connectivity index (χ1) is 7.72. The Labute approximate surface area is 104 Å². The number of nitrogens with one attached hydrogen (secondary N) is 1. The number of thiophene rings is 1. The minimum absolute atomic E-state index is 0.851. The zero-order valence-corrected chi connectivity index (χ0v) is 11.7. The molecule has 0 saturated carbocycles. The molecule has 92 valence electrons. The van der Waals surface area contributed by atoms with Crippen molar-refractivity contribution in [2.45, 2.75) is 53.0 Å². The van der Waals surface area contributed by atoms with Crippen LogP contribution in [-0.2, 0) is 13.0 Å². The van der Waals surface area contributed by atoms with E-state index in [1.165, 1.54) is 35.4 Å². The highest BCUT2D eigenvalue weighted by molar-refractivity contribution is 7.11. The minimum atomic E-state index is 0.851. The van der Waals surface area contributed by atoms with Gasteiger partial charge in [-0.05, 0) is 37.4 Å². The van der Waals surface area contributed by atoms with Gasteiger partial charge < -0.3 is 5.32 Å². The molecule has 16 heavy (non-hydrogen) atoms. The summed E-state index contributed by atoms with van der Waals surface area (Å²) in [5.41, 5.74) is 0. The van der Waals surface area contributed by atoms with Crippen LogP contribution in [0.4, 0.5) is 0 Å². The molecule has 0 aliphatic carbocycles. The van der Waals surface area contributed by atoms with E-state index < -0.39 is 0 Å². The van der Waals surface area contributed by atoms with Gasteiger partial charge in [-0.2, -0.15) is 0 Å². The van der Waals surface area contributed by atoms with Crippen LogP contribution in [0.1, 0.15) is 49.8 Å². The van der Waals surface area contributed by atoms with Crippen molar-refractivity contribution in [3.05, 3.63) is 21.9 Å². The number of unbranched alkanes of at least 4 members (excludes halogenated alkanes) is 1. The fourth-order valence-corrected chi connectivity index (χ4v) is 2.65. The topological polar surface area (TPSA) is 12.0 Å². The van der Waals surface area contributed by atoms with Crippen molar-refractivity contribution in [2.24, 2.45) is 5.92 Å². The Hall–Kier alpha value is -0.340. The lowest BCUT2D eigenvalue weighted by molar-refractivity contribution is 0.521. The molecule has 0 aliphatic rings. The smallest absolute Gasteiger partial charge is 0.0299 e. The predicted octanol–water partition coefficient (Wildman–Crippen LogP) is 4.23. The molecule has 0 aliphatic heterocycles. The van der Waals surface area contributed by atoms with Gasteiger partial charge in [-0.15, -0.1) is 11.3 Å². The van der Waals surface area contributed by atoms with Gasteiger partial charge in [-0.25, -0.2) is 0 Å². The van der Waals surface area contributed by atoms with Gasteiger partial charge in [0.25, 0.3) is 0 Å². The van der Waals surface area contributed by atoms with Crippen molar-refractivity contribution in [3.63, 3.8) is 0 Å². The number of rotatable bonds is 8. The van der Waals surface area contributed by atoms with Gasteiger partial charge in [0.05, 0.1) is 0 Å². The second-order valence-corrected chi connectivity index (χ2v) is 6.04. The molecule has 0 atom stereocenters. The maximum absolute atomic E-state index is 3.52. The van der Waals surface area contributed by atoms with Gasteiger partial charge in [-0.3, -0.25) is 0 Å². The van der Waals surface area contributed by atoms with Crippen LogP contribution in [0.25, 0.3) is 0 Å². The fraction of sp³-hybridized carbons (Fsp3) is 0.714. The zero-order valence-electron chi connectivity index (χ0n) is 10.9. The minimum Gasteiger partial charge on any atom is -0.312 e. The number of hydrogen-bond donors (Lipinski definition) is 1. The summed E-state index contributed by atoms with van der Waals surface area (Å²) >= 11 is 1.94. The molecule has 1 aromatic rings. The van der Waals surface area contributed by atoms with Crippen molar-refractivity contribution in [1.82, 2.24) is 5.32 Å². The molecule has 1 heterocycles. The summed E-state index contributed by atoms with van der Waals surface area (Å²) < 4.78 is 0. The van der Waals surface area contributed by atoms with E-state index in [1.54, 1.807) is 0 Å². The molecular weight excluding hydrogens is 214 g/mol. The molecule has 0 amide bonds.